The molecule has 10 heavy (non-hydrogen) atoms. The first kappa shape index (κ1) is 13.3. The molecule has 0 radical (unpaired) electrons. The third kappa shape index (κ3) is 5.10. The van der Waals surface area contributed by atoms with Crippen LogP contribution in [-0.2, 0) is 0 Å². The zero-order valence-electron chi connectivity index (χ0n) is 4.72. The molecule has 62 valence electrons. The van der Waals surface area contributed by atoms with Gasteiger partial charge in [0.05, 0.1) is 0 Å². The van der Waals surface area contributed by atoms with Crippen molar-refractivity contribution in [1.82, 2.24) is 4.23 Å². The average molecular weight is 565 g/mol. The van der Waals surface area contributed by atoms with Crippen LogP contribution in [0.5, 0.6) is 0 Å². The van der Waals surface area contributed by atoms with Crippen LogP contribution in [-0.4, -0.2) is 19.5 Å². The summed E-state index contributed by atoms with van der Waals surface area (Å²) >= 11 is 21.1. The van der Waals surface area contributed by atoms with Gasteiger partial charge in [-0.3, -0.25) is 4.23 Å². The summed E-state index contributed by atoms with van der Waals surface area (Å²) in [6, 6.07) is 0. The molecule has 0 aliphatic carbocycles. The van der Waals surface area contributed by atoms with Crippen LogP contribution < -0.4 is 0 Å². The van der Waals surface area contributed by atoms with Crippen molar-refractivity contribution in [3.8, 4) is 0 Å². The predicted molar refractivity (Wildman–Crippen MR) is 72.8 cm³/mol. The van der Waals surface area contributed by atoms with Crippen LogP contribution in [0.4, 0.5) is 0 Å². The van der Waals surface area contributed by atoms with E-state index in [1.807, 2.05) is 7.05 Å². The average Bonchev–Trinajstić information content (AvgIpc) is 1.59. The monoisotopic (exact) mass is 558 g/mol. The number of nitrogens with zero attached hydrogens (tertiary/aromatic N) is 1. The van der Waals surface area contributed by atoms with Crippen molar-refractivity contribution in [2.24, 2.45) is 0 Å². The summed E-state index contributed by atoms with van der Waals surface area (Å²) in [5.74, 6) is 0. The molecule has 0 rings (SSSR count). The van der Waals surface area contributed by atoms with Gasteiger partial charge in [-0.15, -0.1) is 0 Å². The van der Waals surface area contributed by atoms with Gasteiger partial charge < -0.3 is 0 Å². The van der Waals surface area contributed by atoms with Gasteiger partial charge in [-0.1, -0.05) is 91.8 Å². The van der Waals surface area contributed by atoms with Crippen molar-refractivity contribution in [1.29, 1.82) is 0 Å². The maximum Gasteiger partial charge on any atom is 0.339 e. The molecular weight excluding hydrogens is 562 g/mol. The van der Waals surface area contributed by atoms with Gasteiger partial charge in [-0.05, 0) is 7.05 Å². The van der Waals surface area contributed by atoms with Crippen LogP contribution in [0.25, 0.3) is 0 Å². The van der Waals surface area contributed by atoms with Crippen LogP contribution in [0.2, 0.25) is 0 Å². The van der Waals surface area contributed by atoms with Gasteiger partial charge in [0.1, 0.15) is 0 Å². The molecule has 0 amide bonds. The molecule has 0 aliphatic heterocycles. The first-order valence-corrected chi connectivity index (χ1v) is 19.5. The fraction of sp³-hybridized carbons (Fsp3) is 1.00. The van der Waals surface area contributed by atoms with E-state index >= 15 is 0 Å². The SMILES string of the molecule is CN([Si](Br)(Br)Br)[Si](Br)(Br)Br. The molecule has 0 aromatic heterocycles. The van der Waals surface area contributed by atoms with Crippen molar-refractivity contribution in [2.75, 3.05) is 7.05 Å². The Morgan fingerprint density at radius 2 is 1.00 bits per heavy atom. The maximum absolute atomic E-state index is 3.52. The Hall–Kier alpha value is 3.27. The molecular formula is CH3Br6NSi2. The highest BCUT2D eigenvalue weighted by Crippen LogP contribution is 2.41. The third-order valence-corrected chi connectivity index (χ3v) is 19.8. The van der Waals surface area contributed by atoms with E-state index in [1.54, 1.807) is 0 Å². The zero-order valence-corrected chi connectivity index (χ0v) is 16.2. The summed E-state index contributed by atoms with van der Waals surface area (Å²) in [6.45, 7) is 0. The molecule has 0 saturated heterocycles. The molecule has 0 unspecified atom stereocenters. The number of hydrogen-bond donors (Lipinski definition) is 0. The smallest absolute Gasteiger partial charge is 0.297 e. The molecule has 0 spiro atoms. The van der Waals surface area contributed by atoms with Gasteiger partial charge in [0.15, 0.2) is 0 Å². The molecule has 0 aromatic rings. The highest BCUT2D eigenvalue weighted by molar-refractivity contribution is 9.74. The lowest BCUT2D eigenvalue weighted by molar-refractivity contribution is 0.867. The van der Waals surface area contributed by atoms with Crippen LogP contribution in [0.15, 0.2) is 0 Å². The van der Waals surface area contributed by atoms with E-state index in [0.717, 1.165) is 0 Å². The van der Waals surface area contributed by atoms with Crippen molar-refractivity contribution in [3.05, 3.63) is 0 Å². The second-order valence-corrected chi connectivity index (χ2v) is 45.0. The van der Waals surface area contributed by atoms with Crippen molar-refractivity contribution < 1.29 is 0 Å². The van der Waals surface area contributed by atoms with Gasteiger partial charge in [-0.25, -0.2) is 0 Å². The first-order chi connectivity index (χ1) is 4.15. The largest absolute Gasteiger partial charge is 0.339 e. The quantitative estimate of drug-likeness (QED) is 0.360. The van der Waals surface area contributed by atoms with Crippen molar-refractivity contribution in [2.45, 2.75) is 0 Å². The molecule has 1 nitrogen and oxygen atoms in total. The van der Waals surface area contributed by atoms with E-state index in [0.29, 0.717) is 0 Å². The molecule has 0 aromatic carbocycles. The van der Waals surface area contributed by atoms with E-state index in [1.165, 1.54) is 0 Å². The van der Waals surface area contributed by atoms with Crippen LogP contribution in [0, 0.1) is 0 Å². The Bertz CT molecular complexity index is 99.9. The van der Waals surface area contributed by atoms with Gasteiger partial charge in [0, 0.05) is 0 Å². The van der Waals surface area contributed by atoms with Gasteiger partial charge in [0.25, 0.3) is 0 Å². The van der Waals surface area contributed by atoms with E-state index in [4.69, 9.17) is 0 Å². The summed E-state index contributed by atoms with van der Waals surface area (Å²) in [5, 5.41) is 0. The molecule has 0 N–H and O–H groups in total. The second kappa shape index (κ2) is 4.67. The van der Waals surface area contributed by atoms with E-state index in [9.17, 15) is 0 Å². The van der Waals surface area contributed by atoms with Crippen LogP contribution >= 0.6 is 91.8 Å². The number of rotatable bonds is 2. The fourth-order valence-corrected chi connectivity index (χ4v) is 34.9. The summed E-state index contributed by atoms with van der Waals surface area (Å²) in [4.78, 5) is 0. The molecule has 0 bridgehead atoms. The van der Waals surface area contributed by atoms with Gasteiger partial charge >= 0.3 is 8.19 Å². The Morgan fingerprint density at radius 1 is 0.800 bits per heavy atom. The molecule has 0 fully saturated rings. The summed E-state index contributed by atoms with van der Waals surface area (Å²) in [6.07, 6.45) is 0. The van der Waals surface area contributed by atoms with Gasteiger partial charge in [-0.2, -0.15) is 0 Å². The summed E-state index contributed by atoms with van der Waals surface area (Å²) < 4.78 is -1.26. The molecule has 0 heterocycles. The molecule has 0 atom stereocenters. The lowest BCUT2D eigenvalue weighted by atomic mass is 11.6. The zero-order chi connectivity index (χ0) is 8.58. The highest BCUT2D eigenvalue weighted by atomic mass is 80.0. The fourth-order valence-electron chi connectivity index (χ4n) is 0.144. The minimum Gasteiger partial charge on any atom is -0.297 e. The van der Waals surface area contributed by atoms with E-state index < -0.39 is 8.19 Å². The summed E-state index contributed by atoms with van der Waals surface area (Å²) in [7, 11) is 2.01. The van der Waals surface area contributed by atoms with E-state index in [2.05, 4.69) is 96.0 Å². The lowest BCUT2D eigenvalue weighted by Gasteiger charge is -2.29. The topological polar surface area (TPSA) is 3.24 Å². The summed E-state index contributed by atoms with van der Waals surface area (Å²) in [5.41, 5.74) is 0. The molecule has 0 aliphatic rings. The maximum atomic E-state index is 3.52. The van der Waals surface area contributed by atoms with Crippen LogP contribution in [0.3, 0.4) is 0 Å². The standard InChI is InChI=1S/CH3Br6NSi2/c1-8(9(2,3)4)10(5,6)7/h1H3. The van der Waals surface area contributed by atoms with Crippen molar-refractivity contribution in [3.63, 3.8) is 0 Å². The van der Waals surface area contributed by atoms with Crippen LogP contribution in [0.1, 0.15) is 0 Å². The minimum atomic E-state index is -1.70. The molecule has 9 heteroatoms. The predicted octanol–water partition coefficient (Wildman–Crippen LogP) is 4.16. The lowest BCUT2D eigenvalue weighted by Crippen LogP contribution is -2.46. The van der Waals surface area contributed by atoms with E-state index in [-0.39, 0.29) is 0 Å². The Morgan fingerprint density at radius 3 is 1.00 bits per heavy atom. The highest BCUT2D eigenvalue weighted by Gasteiger charge is 2.42. The van der Waals surface area contributed by atoms with Gasteiger partial charge in [0.2, 0.25) is 0 Å². The third-order valence-electron chi connectivity index (χ3n) is 0.761. The second-order valence-electron chi connectivity index (χ2n) is 1.49. The number of halogens is 6. The van der Waals surface area contributed by atoms with Crippen molar-refractivity contribution >= 4 is 99.9 Å². The Balaban J connectivity index is 4.23. The first-order valence-electron chi connectivity index (χ1n) is 2.03. The normalized spacial score (nSPS) is 14.4. The minimum absolute atomic E-state index is 1.70. The Labute approximate surface area is 109 Å². The Kier molecular flexibility index (Phi) is 6.20. The number of hydrogen-bond acceptors (Lipinski definition) is 1. The molecule has 0 saturated carbocycles.